The minimum Gasteiger partial charge on any atom is -0.455 e. The number of rotatable bonds is 4. The molecule has 0 spiro atoms. The van der Waals surface area contributed by atoms with E-state index in [0.717, 1.165) is 24.5 Å². The zero-order valence-corrected chi connectivity index (χ0v) is 11.8. The van der Waals surface area contributed by atoms with Crippen LogP contribution in [0.25, 0.3) is 0 Å². The number of nitrogens with two attached hydrogens (primary N) is 1. The van der Waals surface area contributed by atoms with E-state index in [1.165, 1.54) is 12.8 Å². The lowest BCUT2D eigenvalue weighted by Crippen LogP contribution is -2.18. The first-order valence-electron chi connectivity index (χ1n) is 7.21. The van der Waals surface area contributed by atoms with Crippen LogP contribution in [0, 0.1) is 0 Å². The minimum atomic E-state index is -0.256. The second-order valence-corrected chi connectivity index (χ2v) is 5.17. The third-order valence-corrected chi connectivity index (χ3v) is 3.66. The Bertz CT molecular complexity index is 630. The molecule has 0 unspecified atom stereocenters. The van der Waals surface area contributed by atoms with E-state index in [-0.39, 0.29) is 18.2 Å². The fourth-order valence-corrected chi connectivity index (χ4v) is 2.56. The molecule has 2 heterocycles. The van der Waals surface area contributed by atoms with Gasteiger partial charge in [-0.2, -0.15) is 0 Å². The highest BCUT2D eigenvalue weighted by molar-refractivity contribution is 6.02. The molecule has 1 amide bonds. The maximum absolute atomic E-state index is 12.1. The van der Waals surface area contributed by atoms with Crippen LogP contribution in [-0.2, 0) is 6.54 Å². The Kier molecular flexibility index (Phi) is 3.92. The van der Waals surface area contributed by atoms with E-state index in [9.17, 15) is 4.79 Å². The smallest absolute Gasteiger partial charge is 0.291 e. The summed E-state index contributed by atoms with van der Waals surface area (Å²) in [4.78, 5) is 14.4. The van der Waals surface area contributed by atoms with Gasteiger partial charge in [-0.05, 0) is 43.2 Å². The summed E-state index contributed by atoms with van der Waals surface area (Å²) >= 11 is 0. The molecule has 5 nitrogen and oxygen atoms in total. The number of benzene rings is 1. The van der Waals surface area contributed by atoms with Gasteiger partial charge in [0.15, 0.2) is 5.76 Å². The van der Waals surface area contributed by atoms with E-state index in [4.69, 9.17) is 10.2 Å². The van der Waals surface area contributed by atoms with Gasteiger partial charge in [-0.25, -0.2) is 0 Å². The highest BCUT2D eigenvalue weighted by atomic mass is 16.4. The zero-order valence-electron chi connectivity index (χ0n) is 11.8. The van der Waals surface area contributed by atoms with Crippen molar-refractivity contribution in [2.24, 2.45) is 5.73 Å². The molecule has 1 saturated heterocycles. The van der Waals surface area contributed by atoms with Gasteiger partial charge < -0.3 is 20.4 Å². The molecule has 1 aromatic carbocycles. The topological polar surface area (TPSA) is 71.5 Å². The normalized spacial score (nSPS) is 14.4. The van der Waals surface area contributed by atoms with Crippen LogP contribution >= 0.6 is 0 Å². The van der Waals surface area contributed by atoms with Gasteiger partial charge in [0.2, 0.25) is 0 Å². The molecule has 0 bridgehead atoms. The Hall–Kier alpha value is -2.27. The van der Waals surface area contributed by atoms with E-state index in [1.54, 1.807) is 12.1 Å². The molecular weight excluding hydrogens is 266 g/mol. The molecule has 0 aliphatic carbocycles. The van der Waals surface area contributed by atoms with Gasteiger partial charge >= 0.3 is 0 Å². The minimum absolute atomic E-state index is 0.256. The van der Waals surface area contributed by atoms with Crippen LogP contribution in [0.2, 0.25) is 0 Å². The van der Waals surface area contributed by atoms with Crippen LogP contribution < -0.4 is 16.0 Å². The van der Waals surface area contributed by atoms with Crippen molar-refractivity contribution in [2.75, 3.05) is 23.3 Å². The molecule has 0 radical (unpaired) electrons. The van der Waals surface area contributed by atoms with Crippen LogP contribution in [0.4, 0.5) is 11.4 Å². The van der Waals surface area contributed by atoms with E-state index >= 15 is 0 Å². The van der Waals surface area contributed by atoms with Crippen LogP contribution in [0.5, 0.6) is 0 Å². The summed E-state index contributed by atoms with van der Waals surface area (Å²) in [6, 6.07) is 11.3. The van der Waals surface area contributed by atoms with E-state index < -0.39 is 0 Å². The summed E-state index contributed by atoms with van der Waals surface area (Å²) in [5, 5.41) is 2.86. The van der Waals surface area contributed by atoms with Crippen molar-refractivity contribution in [2.45, 2.75) is 19.4 Å². The summed E-state index contributed by atoms with van der Waals surface area (Å²) in [6.07, 6.45) is 2.45. The molecule has 1 aliphatic rings. The average molecular weight is 285 g/mol. The lowest BCUT2D eigenvalue weighted by molar-refractivity contribution is 0.0995. The Balaban J connectivity index is 1.72. The lowest BCUT2D eigenvalue weighted by atomic mass is 10.2. The van der Waals surface area contributed by atoms with Crippen molar-refractivity contribution < 1.29 is 9.21 Å². The second kappa shape index (κ2) is 6.01. The third kappa shape index (κ3) is 3.08. The number of nitrogens with one attached hydrogen (secondary N) is 1. The number of hydrogen-bond acceptors (Lipinski definition) is 4. The number of hydrogen-bond donors (Lipinski definition) is 2. The molecule has 21 heavy (non-hydrogen) atoms. The summed E-state index contributed by atoms with van der Waals surface area (Å²) in [5.41, 5.74) is 7.39. The largest absolute Gasteiger partial charge is 0.455 e. The number of carbonyl (C=O) groups is 1. The quantitative estimate of drug-likeness (QED) is 0.905. The molecule has 110 valence electrons. The summed E-state index contributed by atoms with van der Waals surface area (Å²) in [7, 11) is 0. The van der Waals surface area contributed by atoms with E-state index in [0.29, 0.717) is 5.76 Å². The molecule has 5 heteroatoms. The number of amides is 1. The molecule has 3 N–H and O–H groups in total. The van der Waals surface area contributed by atoms with Crippen LogP contribution in [0.15, 0.2) is 40.8 Å². The molecular formula is C16H19N3O2. The van der Waals surface area contributed by atoms with E-state index in [1.807, 2.05) is 18.2 Å². The summed E-state index contributed by atoms with van der Waals surface area (Å²) < 4.78 is 5.35. The predicted octanol–water partition coefficient (Wildman–Crippen LogP) is 2.59. The van der Waals surface area contributed by atoms with Crippen LogP contribution in [0.1, 0.15) is 29.2 Å². The average Bonchev–Trinajstić information content (AvgIpc) is 3.19. The van der Waals surface area contributed by atoms with Gasteiger partial charge in [-0.1, -0.05) is 6.07 Å². The van der Waals surface area contributed by atoms with Crippen LogP contribution in [-0.4, -0.2) is 19.0 Å². The van der Waals surface area contributed by atoms with Gasteiger partial charge in [0.1, 0.15) is 5.76 Å². The Labute approximate surface area is 123 Å². The highest BCUT2D eigenvalue weighted by Gasteiger charge is 2.14. The van der Waals surface area contributed by atoms with Gasteiger partial charge in [-0.3, -0.25) is 4.79 Å². The van der Waals surface area contributed by atoms with Gasteiger partial charge in [0.05, 0.1) is 6.54 Å². The molecule has 3 rings (SSSR count). The fourth-order valence-electron chi connectivity index (χ4n) is 2.56. The second-order valence-electron chi connectivity index (χ2n) is 5.17. The number of carbonyl (C=O) groups excluding carboxylic acids is 1. The fraction of sp³-hybridized carbons (Fsp3) is 0.312. The molecule has 1 aliphatic heterocycles. The Morgan fingerprint density at radius 2 is 2.05 bits per heavy atom. The summed E-state index contributed by atoms with van der Waals surface area (Å²) in [5.74, 6) is 0.626. The number of anilines is 2. The standard InChI is InChI=1S/C16H19N3O2/c17-11-14-6-7-15(21-14)16(20)18-12-4-3-5-13(10-12)19-8-1-2-9-19/h3-7,10H,1-2,8-9,11,17H2,(H,18,20). The number of furan rings is 1. The van der Waals surface area contributed by atoms with Crippen molar-refractivity contribution >= 4 is 17.3 Å². The van der Waals surface area contributed by atoms with Crippen molar-refractivity contribution in [3.8, 4) is 0 Å². The zero-order chi connectivity index (χ0) is 14.7. The van der Waals surface area contributed by atoms with Crippen molar-refractivity contribution in [3.63, 3.8) is 0 Å². The molecule has 0 atom stereocenters. The lowest BCUT2D eigenvalue weighted by Gasteiger charge is -2.18. The first-order valence-corrected chi connectivity index (χ1v) is 7.21. The molecule has 0 saturated carbocycles. The van der Waals surface area contributed by atoms with Crippen molar-refractivity contribution in [3.05, 3.63) is 47.9 Å². The van der Waals surface area contributed by atoms with Crippen LogP contribution in [0.3, 0.4) is 0 Å². The van der Waals surface area contributed by atoms with Gasteiger partial charge in [0, 0.05) is 24.5 Å². The third-order valence-electron chi connectivity index (χ3n) is 3.66. The maximum Gasteiger partial charge on any atom is 0.291 e. The summed E-state index contributed by atoms with van der Waals surface area (Å²) in [6.45, 7) is 2.45. The molecule has 1 fully saturated rings. The van der Waals surface area contributed by atoms with Gasteiger partial charge in [0.25, 0.3) is 5.91 Å². The van der Waals surface area contributed by atoms with Crippen molar-refractivity contribution in [1.82, 2.24) is 0 Å². The van der Waals surface area contributed by atoms with E-state index in [2.05, 4.69) is 16.3 Å². The van der Waals surface area contributed by atoms with Crippen molar-refractivity contribution in [1.29, 1.82) is 0 Å². The first kappa shape index (κ1) is 13.7. The Morgan fingerprint density at radius 3 is 2.76 bits per heavy atom. The monoisotopic (exact) mass is 285 g/mol. The molecule has 2 aromatic rings. The predicted molar refractivity (Wildman–Crippen MR) is 82.4 cm³/mol. The Morgan fingerprint density at radius 1 is 1.24 bits per heavy atom. The molecule has 1 aromatic heterocycles. The first-order chi connectivity index (χ1) is 10.3. The maximum atomic E-state index is 12.1. The number of nitrogens with zero attached hydrogens (tertiary/aromatic N) is 1. The SMILES string of the molecule is NCc1ccc(C(=O)Nc2cccc(N3CCCC3)c2)o1. The highest BCUT2D eigenvalue weighted by Crippen LogP contribution is 2.23. The van der Waals surface area contributed by atoms with Gasteiger partial charge in [-0.15, -0.1) is 0 Å².